The second-order valence-electron chi connectivity index (χ2n) is 5.98. The molecule has 0 amide bonds. The van der Waals surface area contributed by atoms with Crippen LogP contribution in [0.2, 0.25) is 5.15 Å². The van der Waals surface area contributed by atoms with Gasteiger partial charge in [-0.3, -0.25) is 0 Å². The highest BCUT2D eigenvalue weighted by molar-refractivity contribution is 6.32. The Morgan fingerprint density at radius 3 is 3.00 bits per heavy atom. The van der Waals surface area contributed by atoms with E-state index in [1.807, 2.05) is 6.07 Å². The summed E-state index contributed by atoms with van der Waals surface area (Å²) >= 11 is 6.19. The fourth-order valence-corrected chi connectivity index (χ4v) is 3.73. The van der Waals surface area contributed by atoms with Crippen molar-refractivity contribution in [2.24, 2.45) is 11.3 Å². The fourth-order valence-electron chi connectivity index (χ4n) is 3.47. The predicted molar refractivity (Wildman–Crippen MR) is 73.0 cm³/mol. The molecule has 18 heavy (non-hydrogen) atoms. The van der Waals surface area contributed by atoms with Crippen molar-refractivity contribution < 1.29 is 4.74 Å². The van der Waals surface area contributed by atoms with E-state index in [0.29, 0.717) is 23.2 Å². The molecular weight excluding hydrogens is 248 g/mol. The maximum Gasteiger partial charge on any atom is 0.152 e. The van der Waals surface area contributed by atoms with Crippen LogP contribution in [0, 0.1) is 18.3 Å². The standard InChI is InChI=1S/C14H19ClN2O/c1-8-4-6-16-13(15)10(8)17-11-9-5-7-18-12(9)14(11,2)3/h4,6,9,11-12,17H,5,7H2,1-3H3. The van der Waals surface area contributed by atoms with Crippen LogP contribution in [0.4, 0.5) is 5.69 Å². The van der Waals surface area contributed by atoms with E-state index in [1.54, 1.807) is 6.20 Å². The first-order valence-corrected chi connectivity index (χ1v) is 6.89. The Morgan fingerprint density at radius 2 is 2.28 bits per heavy atom. The second kappa shape index (κ2) is 4.10. The third-order valence-corrected chi connectivity index (χ3v) is 4.80. The number of nitrogens with zero attached hydrogens (tertiary/aromatic N) is 1. The van der Waals surface area contributed by atoms with Crippen LogP contribution in [0.25, 0.3) is 0 Å². The zero-order chi connectivity index (χ0) is 12.9. The molecule has 4 heteroatoms. The monoisotopic (exact) mass is 266 g/mol. The molecule has 3 rings (SSSR count). The Hall–Kier alpha value is -0.800. The Kier molecular flexibility index (Phi) is 2.79. The summed E-state index contributed by atoms with van der Waals surface area (Å²) in [7, 11) is 0. The number of pyridine rings is 1. The summed E-state index contributed by atoms with van der Waals surface area (Å²) in [6, 6.07) is 2.41. The summed E-state index contributed by atoms with van der Waals surface area (Å²) in [5, 5.41) is 4.17. The lowest BCUT2D eigenvalue weighted by Crippen LogP contribution is -2.63. The third kappa shape index (κ3) is 1.64. The highest BCUT2D eigenvalue weighted by Crippen LogP contribution is 2.53. The number of anilines is 1. The van der Waals surface area contributed by atoms with Crippen molar-refractivity contribution in [3.8, 4) is 0 Å². The minimum absolute atomic E-state index is 0.160. The topological polar surface area (TPSA) is 34.2 Å². The maximum atomic E-state index is 6.19. The number of ether oxygens (including phenoxy) is 1. The minimum Gasteiger partial charge on any atom is -0.379 e. The van der Waals surface area contributed by atoms with Gasteiger partial charge in [0.25, 0.3) is 0 Å². The van der Waals surface area contributed by atoms with E-state index in [9.17, 15) is 0 Å². The number of rotatable bonds is 2. The van der Waals surface area contributed by atoms with Crippen LogP contribution in [0.1, 0.15) is 25.8 Å². The number of halogens is 1. The molecule has 1 N–H and O–H groups in total. The summed E-state index contributed by atoms with van der Waals surface area (Å²) < 4.78 is 5.81. The van der Waals surface area contributed by atoms with E-state index in [0.717, 1.165) is 24.3 Å². The van der Waals surface area contributed by atoms with Crippen molar-refractivity contribution in [2.45, 2.75) is 39.3 Å². The van der Waals surface area contributed by atoms with Crippen LogP contribution in [0.15, 0.2) is 12.3 Å². The van der Waals surface area contributed by atoms with Crippen LogP contribution in [0.3, 0.4) is 0 Å². The van der Waals surface area contributed by atoms with Gasteiger partial charge in [0.1, 0.15) is 0 Å². The molecule has 1 saturated heterocycles. The van der Waals surface area contributed by atoms with Crippen molar-refractivity contribution in [3.05, 3.63) is 23.0 Å². The van der Waals surface area contributed by atoms with E-state index in [-0.39, 0.29) is 5.41 Å². The molecule has 1 aromatic rings. The highest BCUT2D eigenvalue weighted by atomic mass is 35.5. The number of aryl methyl sites for hydroxylation is 1. The van der Waals surface area contributed by atoms with Crippen molar-refractivity contribution in [3.63, 3.8) is 0 Å². The van der Waals surface area contributed by atoms with Crippen LogP contribution >= 0.6 is 11.6 Å². The zero-order valence-corrected chi connectivity index (χ0v) is 11.8. The Labute approximate surface area is 113 Å². The average Bonchev–Trinajstić information content (AvgIpc) is 2.75. The molecule has 3 unspecified atom stereocenters. The van der Waals surface area contributed by atoms with Gasteiger partial charge in [-0.05, 0) is 25.0 Å². The largest absolute Gasteiger partial charge is 0.379 e. The summed E-state index contributed by atoms with van der Waals surface area (Å²) in [5.41, 5.74) is 2.28. The number of aromatic nitrogens is 1. The fraction of sp³-hybridized carbons (Fsp3) is 0.643. The van der Waals surface area contributed by atoms with Gasteiger partial charge >= 0.3 is 0 Å². The van der Waals surface area contributed by atoms with Crippen LogP contribution in [0.5, 0.6) is 0 Å². The van der Waals surface area contributed by atoms with Crippen LogP contribution in [-0.4, -0.2) is 23.7 Å². The van der Waals surface area contributed by atoms with Gasteiger partial charge in [0.15, 0.2) is 5.15 Å². The summed E-state index contributed by atoms with van der Waals surface area (Å²) in [6.45, 7) is 7.47. The first-order chi connectivity index (χ1) is 8.51. The number of nitrogens with one attached hydrogen (secondary N) is 1. The van der Waals surface area contributed by atoms with Gasteiger partial charge in [0.2, 0.25) is 0 Å². The van der Waals surface area contributed by atoms with Gasteiger partial charge in [0.05, 0.1) is 11.8 Å². The van der Waals surface area contributed by atoms with E-state index in [4.69, 9.17) is 16.3 Å². The molecule has 3 nitrogen and oxygen atoms in total. The third-order valence-electron chi connectivity index (χ3n) is 4.51. The van der Waals surface area contributed by atoms with E-state index < -0.39 is 0 Å². The van der Waals surface area contributed by atoms with Crippen molar-refractivity contribution in [2.75, 3.05) is 11.9 Å². The molecule has 1 aliphatic heterocycles. The lowest BCUT2D eigenvalue weighted by atomic mass is 9.57. The predicted octanol–water partition coefficient (Wildman–Crippen LogP) is 3.27. The smallest absolute Gasteiger partial charge is 0.152 e. The Bertz CT molecular complexity index is 455. The minimum atomic E-state index is 0.160. The zero-order valence-electron chi connectivity index (χ0n) is 11.0. The SMILES string of the molecule is Cc1ccnc(Cl)c1NC1C2CCOC2C1(C)C. The molecule has 0 radical (unpaired) electrons. The van der Waals surface area contributed by atoms with Gasteiger partial charge in [-0.2, -0.15) is 0 Å². The average molecular weight is 267 g/mol. The number of fused-ring (bicyclic) bond motifs is 1. The summed E-state index contributed by atoms with van der Waals surface area (Å²) in [4.78, 5) is 4.16. The van der Waals surface area contributed by atoms with E-state index in [2.05, 4.69) is 31.1 Å². The van der Waals surface area contributed by atoms with Gasteiger partial charge in [-0.15, -0.1) is 0 Å². The van der Waals surface area contributed by atoms with Crippen LogP contribution in [-0.2, 0) is 4.74 Å². The van der Waals surface area contributed by atoms with Crippen molar-refractivity contribution in [1.29, 1.82) is 0 Å². The Balaban J connectivity index is 1.85. The van der Waals surface area contributed by atoms with E-state index in [1.165, 1.54) is 0 Å². The van der Waals surface area contributed by atoms with Crippen molar-refractivity contribution >= 4 is 17.3 Å². The molecule has 0 bridgehead atoms. The first kappa shape index (κ1) is 12.2. The molecule has 0 spiro atoms. The molecular formula is C14H19ClN2O. The molecule has 1 saturated carbocycles. The summed E-state index contributed by atoms with van der Waals surface area (Å²) in [6.07, 6.45) is 3.28. The van der Waals surface area contributed by atoms with Gasteiger partial charge in [0, 0.05) is 30.2 Å². The molecule has 2 heterocycles. The van der Waals surface area contributed by atoms with Gasteiger partial charge in [-0.25, -0.2) is 4.98 Å². The van der Waals surface area contributed by atoms with Crippen molar-refractivity contribution in [1.82, 2.24) is 4.98 Å². The van der Waals surface area contributed by atoms with Crippen LogP contribution < -0.4 is 5.32 Å². The molecule has 2 aliphatic rings. The molecule has 0 aromatic carbocycles. The number of hydrogen-bond donors (Lipinski definition) is 1. The highest BCUT2D eigenvalue weighted by Gasteiger charge is 2.59. The molecule has 1 aliphatic carbocycles. The molecule has 98 valence electrons. The summed E-state index contributed by atoms with van der Waals surface area (Å²) in [5.74, 6) is 0.607. The molecule has 1 aromatic heterocycles. The Morgan fingerprint density at radius 1 is 1.50 bits per heavy atom. The molecule has 2 fully saturated rings. The normalized spacial score (nSPS) is 32.8. The lowest BCUT2D eigenvalue weighted by Gasteiger charge is -2.55. The van der Waals surface area contributed by atoms with Gasteiger partial charge < -0.3 is 10.1 Å². The lowest BCUT2D eigenvalue weighted by molar-refractivity contribution is -0.0923. The number of hydrogen-bond acceptors (Lipinski definition) is 3. The van der Waals surface area contributed by atoms with E-state index >= 15 is 0 Å². The quantitative estimate of drug-likeness (QED) is 0.835. The molecule has 3 atom stereocenters. The van der Waals surface area contributed by atoms with Gasteiger partial charge in [-0.1, -0.05) is 25.4 Å². The first-order valence-electron chi connectivity index (χ1n) is 6.51. The second-order valence-corrected chi connectivity index (χ2v) is 6.34. The maximum absolute atomic E-state index is 6.19.